The van der Waals surface area contributed by atoms with Crippen LogP contribution in [0.2, 0.25) is 0 Å². The SMILES string of the molecule is CN(CCOc1cc(C(=O)Nc2cccc(F)c2)on1)C1CCCC1. The second kappa shape index (κ2) is 8.11. The van der Waals surface area contributed by atoms with Crippen molar-refractivity contribution in [1.82, 2.24) is 10.1 Å². The van der Waals surface area contributed by atoms with Crippen LogP contribution in [0.25, 0.3) is 0 Å². The number of aromatic nitrogens is 1. The molecule has 2 aromatic rings. The molecule has 1 aromatic carbocycles. The van der Waals surface area contributed by atoms with Crippen LogP contribution in [0.4, 0.5) is 10.1 Å². The van der Waals surface area contributed by atoms with Gasteiger partial charge in [0.2, 0.25) is 5.76 Å². The predicted octanol–water partition coefficient (Wildman–Crippen LogP) is 3.32. The molecular formula is C18H22FN3O3. The van der Waals surface area contributed by atoms with Crippen LogP contribution in [0.5, 0.6) is 5.88 Å². The molecule has 0 bridgehead atoms. The molecule has 0 saturated heterocycles. The largest absolute Gasteiger partial charge is 0.474 e. The van der Waals surface area contributed by atoms with Crippen LogP contribution in [0.1, 0.15) is 36.2 Å². The van der Waals surface area contributed by atoms with Gasteiger partial charge in [-0.2, -0.15) is 0 Å². The Morgan fingerprint density at radius 2 is 2.20 bits per heavy atom. The van der Waals surface area contributed by atoms with Gasteiger partial charge in [-0.1, -0.05) is 18.9 Å². The van der Waals surface area contributed by atoms with Crippen LogP contribution in [0.3, 0.4) is 0 Å². The summed E-state index contributed by atoms with van der Waals surface area (Å²) >= 11 is 0. The molecule has 3 rings (SSSR count). The van der Waals surface area contributed by atoms with E-state index in [1.807, 2.05) is 0 Å². The first kappa shape index (κ1) is 17.4. The molecular weight excluding hydrogens is 325 g/mol. The van der Waals surface area contributed by atoms with Crippen LogP contribution in [-0.2, 0) is 0 Å². The van der Waals surface area contributed by atoms with E-state index in [2.05, 4.69) is 22.4 Å². The van der Waals surface area contributed by atoms with E-state index in [9.17, 15) is 9.18 Å². The fourth-order valence-corrected chi connectivity index (χ4v) is 3.01. The normalized spacial score (nSPS) is 14.8. The number of ether oxygens (including phenoxy) is 1. The molecule has 7 heteroatoms. The van der Waals surface area contributed by atoms with Crippen molar-refractivity contribution in [3.05, 3.63) is 41.9 Å². The Morgan fingerprint density at radius 3 is 2.96 bits per heavy atom. The molecule has 25 heavy (non-hydrogen) atoms. The number of nitrogens with zero attached hydrogens (tertiary/aromatic N) is 2. The van der Waals surface area contributed by atoms with E-state index in [0.717, 1.165) is 6.54 Å². The Bertz CT molecular complexity index is 713. The van der Waals surface area contributed by atoms with E-state index in [4.69, 9.17) is 9.26 Å². The van der Waals surface area contributed by atoms with Gasteiger partial charge < -0.3 is 19.5 Å². The highest BCUT2D eigenvalue weighted by Gasteiger charge is 2.19. The van der Waals surface area contributed by atoms with Gasteiger partial charge in [-0.25, -0.2) is 4.39 Å². The lowest BCUT2D eigenvalue weighted by atomic mass is 10.2. The highest BCUT2D eigenvalue weighted by molar-refractivity contribution is 6.02. The Kier molecular flexibility index (Phi) is 5.65. The number of rotatable bonds is 7. The number of hydrogen-bond donors (Lipinski definition) is 1. The highest BCUT2D eigenvalue weighted by atomic mass is 19.1. The zero-order chi connectivity index (χ0) is 17.6. The van der Waals surface area contributed by atoms with Crippen molar-refractivity contribution in [3.8, 4) is 5.88 Å². The Morgan fingerprint density at radius 1 is 1.40 bits per heavy atom. The summed E-state index contributed by atoms with van der Waals surface area (Å²) in [7, 11) is 2.10. The lowest BCUT2D eigenvalue weighted by Crippen LogP contribution is -2.32. The van der Waals surface area contributed by atoms with Gasteiger partial charge in [0.05, 0.1) is 6.07 Å². The number of carbonyl (C=O) groups is 1. The maximum Gasteiger partial charge on any atom is 0.294 e. The van der Waals surface area contributed by atoms with Gasteiger partial charge in [-0.15, -0.1) is 0 Å². The van der Waals surface area contributed by atoms with Gasteiger partial charge in [0.25, 0.3) is 11.8 Å². The van der Waals surface area contributed by atoms with E-state index >= 15 is 0 Å². The average molecular weight is 347 g/mol. The third-order valence-corrected chi connectivity index (χ3v) is 4.44. The Labute approximate surface area is 145 Å². The van der Waals surface area contributed by atoms with Crippen molar-refractivity contribution < 1.29 is 18.4 Å². The minimum atomic E-state index is -0.504. The first-order chi connectivity index (χ1) is 12.1. The van der Waals surface area contributed by atoms with Crippen molar-refractivity contribution in [1.29, 1.82) is 0 Å². The zero-order valence-corrected chi connectivity index (χ0v) is 14.2. The molecule has 134 valence electrons. The quantitative estimate of drug-likeness (QED) is 0.832. The van der Waals surface area contributed by atoms with Gasteiger partial charge in [0, 0.05) is 18.3 Å². The van der Waals surface area contributed by atoms with E-state index in [1.54, 1.807) is 6.07 Å². The first-order valence-corrected chi connectivity index (χ1v) is 8.48. The van der Waals surface area contributed by atoms with E-state index in [-0.39, 0.29) is 11.6 Å². The van der Waals surface area contributed by atoms with E-state index in [1.165, 1.54) is 49.9 Å². The third kappa shape index (κ3) is 4.79. The number of carbonyl (C=O) groups excluding carboxylic acids is 1. The number of anilines is 1. The summed E-state index contributed by atoms with van der Waals surface area (Å²) in [6.45, 7) is 1.27. The molecule has 1 saturated carbocycles. The second-order valence-electron chi connectivity index (χ2n) is 6.26. The van der Waals surface area contributed by atoms with Crippen molar-refractivity contribution in [3.63, 3.8) is 0 Å². The van der Waals surface area contributed by atoms with Gasteiger partial charge in [-0.3, -0.25) is 4.79 Å². The summed E-state index contributed by atoms with van der Waals surface area (Å²) in [4.78, 5) is 14.4. The van der Waals surface area contributed by atoms with Gasteiger partial charge in [0.1, 0.15) is 12.4 Å². The van der Waals surface area contributed by atoms with Crippen LogP contribution >= 0.6 is 0 Å². The summed E-state index contributed by atoms with van der Waals surface area (Å²) in [6, 6.07) is 7.70. The molecule has 0 atom stereocenters. The molecule has 0 radical (unpaired) electrons. The number of likely N-dealkylation sites (N-methyl/N-ethyl adjacent to an activating group) is 1. The number of halogens is 1. The summed E-state index contributed by atoms with van der Waals surface area (Å²) in [5.74, 6) is -0.644. The second-order valence-corrected chi connectivity index (χ2v) is 6.26. The third-order valence-electron chi connectivity index (χ3n) is 4.44. The van der Waals surface area contributed by atoms with Crippen molar-refractivity contribution in [2.75, 3.05) is 25.5 Å². The summed E-state index contributed by atoms with van der Waals surface area (Å²) in [5, 5.41) is 6.29. The Balaban J connectivity index is 1.47. The van der Waals surface area contributed by atoms with Gasteiger partial charge in [-0.05, 0) is 43.2 Å². The lowest BCUT2D eigenvalue weighted by molar-refractivity contribution is 0.0987. The molecule has 1 aliphatic rings. The summed E-state index contributed by atoms with van der Waals surface area (Å²) < 4.78 is 23.7. The standard InChI is InChI=1S/C18H22FN3O3/c1-22(15-7-2-3-8-15)9-10-24-17-12-16(25-21-17)18(23)20-14-6-4-5-13(19)11-14/h4-6,11-12,15H,2-3,7-10H2,1H3,(H,20,23). The monoisotopic (exact) mass is 347 g/mol. The minimum absolute atomic E-state index is 0.0170. The molecule has 0 aliphatic heterocycles. The van der Waals surface area contributed by atoms with E-state index in [0.29, 0.717) is 18.3 Å². The summed E-state index contributed by atoms with van der Waals surface area (Å²) in [5.41, 5.74) is 0.349. The molecule has 6 nitrogen and oxygen atoms in total. The van der Waals surface area contributed by atoms with Crippen LogP contribution in [0, 0.1) is 5.82 Å². The fourth-order valence-electron chi connectivity index (χ4n) is 3.01. The zero-order valence-electron chi connectivity index (χ0n) is 14.2. The maximum absolute atomic E-state index is 13.1. The van der Waals surface area contributed by atoms with Crippen molar-refractivity contribution in [2.24, 2.45) is 0 Å². The number of nitrogens with one attached hydrogen (secondary N) is 1. The van der Waals surface area contributed by atoms with Crippen molar-refractivity contribution in [2.45, 2.75) is 31.7 Å². The average Bonchev–Trinajstić information content (AvgIpc) is 3.27. The van der Waals surface area contributed by atoms with Gasteiger partial charge >= 0.3 is 0 Å². The maximum atomic E-state index is 13.1. The topological polar surface area (TPSA) is 67.6 Å². The molecule has 1 aliphatic carbocycles. The lowest BCUT2D eigenvalue weighted by Gasteiger charge is -2.23. The molecule has 1 aromatic heterocycles. The van der Waals surface area contributed by atoms with E-state index < -0.39 is 11.7 Å². The van der Waals surface area contributed by atoms with Crippen LogP contribution in [0.15, 0.2) is 34.9 Å². The molecule has 1 N–H and O–H groups in total. The van der Waals surface area contributed by atoms with Crippen LogP contribution < -0.4 is 10.1 Å². The molecule has 0 spiro atoms. The number of hydrogen-bond acceptors (Lipinski definition) is 5. The van der Waals surface area contributed by atoms with Gasteiger partial charge in [0.15, 0.2) is 0 Å². The molecule has 1 amide bonds. The minimum Gasteiger partial charge on any atom is -0.474 e. The first-order valence-electron chi connectivity index (χ1n) is 8.48. The number of amides is 1. The molecule has 0 unspecified atom stereocenters. The van der Waals surface area contributed by atoms with Crippen LogP contribution in [-0.4, -0.2) is 42.2 Å². The smallest absolute Gasteiger partial charge is 0.294 e. The van der Waals surface area contributed by atoms with Crippen molar-refractivity contribution >= 4 is 11.6 Å². The highest BCUT2D eigenvalue weighted by Crippen LogP contribution is 2.22. The fraction of sp³-hybridized carbons (Fsp3) is 0.444. The molecule has 1 fully saturated rings. The predicted molar refractivity (Wildman–Crippen MR) is 91.2 cm³/mol. The molecule has 1 heterocycles. The number of benzene rings is 1. The summed E-state index contributed by atoms with van der Waals surface area (Å²) in [6.07, 6.45) is 5.07. The Hall–Kier alpha value is -2.41.